The molecule has 0 aliphatic heterocycles. The Balaban J connectivity index is 2.33. The van der Waals surface area contributed by atoms with Gasteiger partial charge in [-0.05, 0) is 34.1 Å². The largest absolute Gasteiger partial charge is 0.487 e. The van der Waals surface area contributed by atoms with Crippen molar-refractivity contribution in [2.24, 2.45) is 0 Å². The average molecular weight is 371 g/mol. The second-order valence-electron chi connectivity index (χ2n) is 4.06. The van der Waals surface area contributed by atoms with Gasteiger partial charge in [0.05, 0.1) is 25.5 Å². The second kappa shape index (κ2) is 6.69. The summed E-state index contributed by atoms with van der Waals surface area (Å²) in [5.41, 5.74) is 0.484. The van der Waals surface area contributed by atoms with Crippen molar-refractivity contribution in [3.63, 3.8) is 0 Å². The van der Waals surface area contributed by atoms with Crippen molar-refractivity contribution in [2.75, 3.05) is 0 Å². The molecule has 0 atom stereocenters. The summed E-state index contributed by atoms with van der Waals surface area (Å²) in [6, 6.07) is 9.40. The highest BCUT2D eigenvalue weighted by Gasteiger charge is 2.18. The Morgan fingerprint density at radius 1 is 1.29 bits per heavy atom. The highest BCUT2D eigenvalue weighted by atomic mass is 79.9. The molecule has 0 bridgehead atoms. The van der Waals surface area contributed by atoms with Gasteiger partial charge in [-0.3, -0.25) is 14.9 Å². The molecule has 7 heteroatoms. The molecule has 0 heterocycles. The number of hydrogen-bond donors (Lipinski definition) is 0. The predicted molar refractivity (Wildman–Crippen MR) is 82.0 cm³/mol. The predicted octanol–water partition coefficient (Wildman–Crippen LogP) is 4.40. The quantitative estimate of drug-likeness (QED) is 0.444. The first-order chi connectivity index (χ1) is 10.0. The van der Waals surface area contributed by atoms with Crippen LogP contribution in [-0.4, -0.2) is 11.2 Å². The lowest BCUT2D eigenvalue weighted by molar-refractivity contribution is -0.385. The first-order valence-corrected chi connectivity index (χ1v) is 7.00. The van der Waals surface area contributed by atoms with Crippen LogP contribution in [0, 0.1) is 10.1 Å². The maximum absolute atomic E-state index is 11.0. The van der Waals surface area contributed by atoms with Crippen LogP contribution in [0.15, 0.2) is 40.9 Å². The lowest BCUT2D eigenvalue weighted by Crippen LogP contribution is -2.03. The zero-order chi connectivity index (χ0) is 15.4. The summed E-state index contributed by atoms with van der Waals surface area (Å²) in [7, 11) is 0. The molecule has 5 nitrogen and oxygen atoms in total. The summed E-state index contributed by atoms with van der Waals surface area (Å²) < 4.78 is 6.13. The SMILES string of the molecule is O=Cc1cccc(Br)c1OCc1c(Cl)cccc1[N+](=O)[O-]. The van der Waals surface area contributed by atoms with Crippen molar-refractivity contribution in [2.45, 2.75) is 6.61 Å². The van der Waals surface area contributed by atoms with Gasteiger partial charge in [0.2, 0.25) is 0 Å². The molecule has 2 aromatic carbocycles. The third-order valence-electron chi connectivity index (χ3n) is 2.78. The first-order valence-electron chi connectivity index (χ1n) is 5.83. The maximum atomic E-state index is 11.0. The molecule has 2 aromatic rings. The number of ether oxygens (including phenoxy) is 1. The molecule has 0 saturated carbocycles. The molecule has 0 aliphatic carbocycles. The van der Waals surface area contributed by atoms with Crippen LogP contribution in [0.5, 0.6) is 5.75 Å². The van der Waals surface area contributed by atoms with Crippen LogP contribution in [0.25, 0.3) is 0 Å². The van der Waals surface area contributed by atoms with E-state index in [1.807, 2.05) is 0 Å². The van der Waals surface area contributed by atoms with Gasteiger partial charge in [0, 0.05) is 6.07 Å². The maximum Gasteiger partial charge on any atom is 0.277 e. The molecular formula is C14H9BrClNO4. The number of nitro groups is 1. The van der Waals surface area contributed by atoms with Crippen molar-refractivity contribution >= 4 is 39.5 Å². The van der Waals surface area contributed by atoms with E-state index in [0.29, 0.717) is 22.1 Å². The van der Waals surface area contributed by atoms with Crippen LogP contribution in [0.4, 0.5) is 5.69 Å². The molecule has 0 unspecified atom stereocenters. The molecule has 21 heavy (non-hydrogen) atoms. The molecule has 2 rings (SSSR count). The number of hydrogen-bond acceptors (Lipinski definition) is 4. The Hall–Kier alpha value is -1.92. The van der Waals surface area contributed by atoms with Crippen molar-refractivity contribution in [1.29, 1.82) is 0 Å². The zero-order valence-electron chi connectivity index (χ0n) is 10.6. The highest BCUT2D eigenvalue weighted by Crippen LogP contribution is 2.32. The van der Waals surface area contributed by atoms with E-state index >= 15 is 0 Å². The van der Waals surface area contributed by atoms with Gasteiger partial charge >= 0.3 is 0 Å². The summed E-state index contributed by atoms with van der Waals surface area (Å²) in [5, 5.41) is 11.2. The summed E-state index contributed by atoms with van der Waals surface area (Å²) >= 11 is 9.26. The smallest absolute Gasteiger partial charge is 0.277 e. The molecule has 0 aliphatic rings. The summed E-state index contributed by atoms with van der Waals surface area (Å²) in [5.74, 6) is 0.321. The monoisotopic (exact) mass is 369 g/mol. The Morgan fingerprint density at radius 2 is 2.00 bits per heavy atom. The van der Waals surface area contributed by atoms with Crippen molar-refractivity contribution in [3.8, 4) is 5.75 Å². The third-order valence-corrected chi connectivity index (χ3v) is 3.75. The van der Waals surface area contributed by atoms with E-state index in [4.69, 9.17) is 16.3 Å². The van der Waals surface area contributed by atoms with Crippen LogP contribution >= 0.6 is 27.5 Å². The Kier molecular flexibility index (Phi) is 4.93. The van der Waals surface area contributed by atoms with Gasteiger partial charge in [-0.1, -0.05) is 23.7 Å². The van der Waals surface area contributed by atoms with Gasteiger partial charge in [0.25, 0.3) is 5.69 Å². The first kappa shape index (κ1) is 15.5. The number of nitro benzene ring substituents is 1. The van der Waals surface area contributed by atoms with Crippen LogP contribution in [0.2, 0.25) is 5.02 Å². The summed E-state index contributed by atoms with van der Waals surface area (Å²) in [4.78, 5) is 21.5. The van der Waals surface area contributed by atoms with Gasteiger partial charge in [-0.15, -0.1) is 0 Å². The van der Waals surface area contributed by atoms with Crippen LogP contribution < -0.4 is 4.74 Å². The zero-order valence-corrected chi connectivity index (χ0v) is 12.9. The molecule has 0 N–H and O–H groups in total. The molecule has 0 radical (unpaired) electrons. The average Bonchev–Trinajstić information content (AvgIpc) is 2.46. The standard InChI is InChI=1S/C14H9BrClNO4/c15-11-4-1-3-9(7-18)14(11)21-8-10-12(16)5-2-6-13(10)17(19)20/h1-7H,8H2. The number of nitrogens with zero attached hydrogens (tertiary/aromatic N) is 1. The fraction of sp³-hybridized carbons (Fsp3) is 0.0714. The topological polar surface area (TPSA) is 69.4 Å². The minimum Gasteiger partial charge on any atom is -0.487 e. The van der Waals surface area contributed by atoms with E-state index in [-0.39, 0.29) is 22.9 Å². The molecular weight excluding hydrogens is 362 g/mol. The lowest BCUT2D eigenvalue weighted by atomic mass is 10.2. The second-order valence-corrected chi connectivity index (χ2v) is 5.32. The number of rotatable bonds is 5. The minimum absolute atomic E-state index is 0.112. The van der Waals surface area contributed by atoms with Crippen molar-refractivity contribution in [3.05, 3.63) is 67.1 Å². The minimum atomic E-state index is -0.523. The van der Waals surface area contributed by atoms with Gasteiger partial charge in [0.15, 0.2) is 6.29 Å². The Bertz CT molecular complexity index is 705. The molecule has 0 aromatic heterocycles. The number of para-hydroxylation sites is 1. The highest BCUT2D eigenvalue weighted by molar-refractivity contribution is 9.10. The van der Waals surface area contributed by atoms with E-state index in [2.05, 4.69) is 15.9 Å². The van der Waals surface area contributed by atoms with Gasteiger partial charge in [-0.2, -0.15) is 0 Å². The fourth-order valence-electron chi connectivity index (χ4n) is 1.78. The number of carbonyl (C=O) groups excluding carboxylic acids is 1. The summed E-state index contributed by atoms with van der Waals surface area (Å²) in [6.45, 7) is -0.112. The normalized spacial score (nSPS) is 10.2. The van der Waals surface area contributed by atoms with Gasteiger partial charge in [0.1, 0.15) is 12.4 Å². The molecule has 0 spiro atoms. The number of benzene rings is 2. The fourth-order valence-corrected chi connectivity index (χ4v) is 2.50. The molecule has 0 fully saturated rings. The molecule has 0 saturated heterocycles. The lowest BCUT2D eigenvalue weighted by Gasteiger charge is -2.11. The van der Waals surface area contributed by atoms with E-state index in [1.165, 1.54) is 12.1 Å². The van der Waals surface area contributed by atoms with E-state index in [1.54, 1.807) is 24.3 Å². The van der Waals surface area contributed by atoms with Gasteiger partial charge in [-0.25, -0.2) is 0 Å². The van der Waals surface area contributed by atoms with Crippen molar-refractivity contribution in [1.82, 2.24) is 0 Å². The van der Waals surface area contributed by atoms with E-state index < -0.39 is 4.92 Å². The van der Waals surface area contributed by atoms with Crippen molar-refractivity contribution < 1.29 is 14.5 Å². The molecule has 0 amide bonds. The van der Waals surface area contributed by atoms with E-state index in [0.717, 1.165) is 0 Å². The number of carbonyl (C=O) groups is 1. The van der Waals surface area contributed by atoms with Crippen LogP contribution in [-0.2, 0) is 6.61 Å². The van der Waals surface area contributed by atoms with Crippen LogP contribution in [0.1, 0.15) is 15.9 Å². The van der Waals surface area contributed by atoms with Gasteiger partial charge < -0.3 is 4.74 Å². The number of aldehydes is 1. The summed E-state index contributed by atoms with van der Waals surface area (Å²) in [6.07, 6.45) is 0.654. The molecule has 108 valence electrons. The van der Waals surface area contributed by atoms with E-state index in [9.17, 15) is 14.9 Å². The Morgan fingerprint density at radius 3 is 2.67 bits per heavy atom. The Labute approximate surface area is 133 Å². The van der Waals surface area contributed by atoms with Crippen LogP contribution in [0.3, 0.4) is 0 Å². The number of halogens is 2. The third kappa shape index (κ3) is 3.40.